The van der Waals surface area contributed by atoms with E-state index in [0.717, 1.165) is 18.6 Å². The van der Waals surface area contributed by atoms with E-state index in [1.807, 2.05) is 13.0 Å². The highest BCUT2D eigenvalue weighted by atomic mass is 16.4. The molecule has 0 saturated carbocycles. The van der Waals surface area contributed by atoms with Crippen LogP contribution in [0.1, 0.15) is 30.8 Å². The molecule has 19 heavy (non-hydrogen) atoms. The fourth-order valence-electron chi connectivity index (χ4n) is 2.24. The van der Waals surface area contributed by atoms with E-state index in [-0.39, 0.29) is 5.91 Å². The Morgan fingerprint density at radius 1 is 1.42 bits per heavy atom. The molecule has 1 N–H and O–H groups in total. The molecule has 2 rings (SSSR count). The number of carboxylic acids is 1. The topological polar surface area (TPSA) is 70.8 Å². The predicted molar refractivity (Wildman–Crippen MR) is 69.5 cm³/mol. The summed E-state index contributed by atoms with van der Waals surface area (Å²) in [4.78, 5) is 24.6. The third-order valence-corrected chi connectivity index (χ3v) is 3.22. The van der Waals surface area contributed by atoms with Crippen molar-refractivity contribution in [2.75, 3.05) is 6.54 Å². The second kappa shape index (κ2) is 5.73. The molecule has 102 valence electrons. The highest BCUT2D eigenvalue weighted by Gasteiger charge is 2.30. The number of hydrogen-bond donors (Lipinski definition) is 1. The van der Waals surface area contributed by atoms with Gasteiger partial charge in [-0.2, -0.15) is 0 Å². The van der Waals surface area contributed by atoms with Gasteiger partial charge < -0.3 is 14.4 Å². The smallest absolute Gasteiger partial charge is 0.326 e. The van der Waals surface area contributed by atoms with Crippen molar-refractivity contribution in [2.45, 2.75) is 32.2 Å². The summed E-state index contributed by atoms with van der Waals surface area (Å²) in [5.41, 5.74) is 0. The minimum absolute atomic E-state index is 0.277. The summed E-state index contributed by atoms with van der Waals surface area (Å²) >= 11 is 0. The Balaban J connectivity index is 2.05. The van der Waals surface area contributed by atoms with Gasteiger partial charge >= 0.3 is 5.97 Å². The van der Waals surface area contributed by atoms with Crippen molar-refractivity contribution < 1.29 is 19.1 Å². The van der Waals surface area contributed by atoms with Gasteiger partial charge in [0.25, 0.3) is 0 Å². The summed E-state index contributed by atoms with van der Waals surface area (Å²) in [6, 6.07) is 2.87. The second-order valence-corrected chi connectivity index (χ2v) is 4.66. The lowest BCUT2D eigenvalue weighted by Gasteiger charge is -2.32. The average Bonchev–Trinajstić information content (AvgIpc) is 2.81. The molecule has 1 aromatic rings. The van der Waals surface area contributed by atoms with Crippen LogP contribution in [0.25, 0.3) is 6.08 Å². The van der Waals surface area contributed by atoms with Crippen LogP contribution in [0.15, 0.2) is 22.6 Å². The Morgan fingerprint density at radius 3 is 2.84 bits per heavy atom. The van der Waals surface area contributed by atoms with Crippen LogP contribution >= 0.6 is 0 Å². The van der Waals surface area contributed by atoms with Gasteiger partial charge in [-0.1, -0.05) is 0 Å². The number of rotatable bonds is 3. The summed E-state index contributed by atoms with van der Waals surface area (Å²) < 4.78 is 5.32. The van der Waals surface area contributed by atoms with E-state index < -0.39 is 12.0 Å². The zero-order valence-corrected chi connectivity index (χ0v) is 10.8. The number of likely N-dealkylation sites (tertiary alicyclic amines) is 1. The number of hydrogen-bond acceptors (Lipinski definition) is 3. The highest BCUT2D eigenvalue weighted by Crippen LogP contribution is 2.18. The zero-order chi connectivity index (χ0) is 13.8. The minimum Gasteiger partial charge on any atom is -0.480 e. The Morgan fingerprint density at radius 2 is 2.21 bits per heavy atom. The molecule has 1 unspecified atom stereocenters. The molecule has 5 heteroatoms. The van der Waals surface area contributed by atoms with E-state index >= 15 is 0 Å². The maximum Gasteiger partial charge on any atom is 0.326 e. The van der Waals surface area contributed by atoms with Gasteiger partial charge in [0.05, 0.1) is 0 Å². The Bertz CT molecular complexity index is 503. The number of furan rings is 1. The molecule has 1 saturated heterocycles. The monoisotopic (exact) mass is 263 g/mol. The third kappa shape index (κ3) is 3.24. The first-order valence-electron chi connectivity index (χ1n) is 6.36. The molecule has 2 heterocycles. The summed E-state index contributed by atoms with van der Waals surface area (Å²) in [6.45, 7) is 2.32. The molecule has 0 aromatic carbocycles. The van der Waals surface area contributed by atoms with Crippen molar-refractivity contribution in [3.8, 4) is 0 Å². The van der Waals surface area contributed by atoms with Gasteiger partial charge in [0.15, 0.2) is 0 Å². The largest absolute Gasteiger partial charge is 0.480 e. The fraction of sp³-hybridized carbons (Fsp3) is 0.429. The lowest BCUT2D eigenvalue weighted by Crippen LogP contribution is -2.47. The van der Waals surface area contributed by atoms with Gasteiger partial charge in [-0.05, 0) is 44.4 Å². The van der Waals surface area contributed by atoms with Crippen LogP contribution in [0.2, 0.25) is 0 Å². The normalized spacial score (nSPS) is 19.8. The van der Waals surface area contributed by atoms with Gasteiger partial charge in [-0.3, -0.25) is 4.79 Å². The number of carbonyl (C=O) groups excluding carboxylic acids is 1. The van der Waals surface area contributed by atoms with Gasteiger partial charge in [-0.25, -0.2) is 4.79 Å². The van der Waals surface area contributed by atoms with Crippen LogP contribution in [-0.2, 0) is 9.59 Å². The number of aryl methyl sites for hydroxylation is 1. The van der Waals surface area contributed by atoms with Crippen molar-refractivity contribution in [1.29, 1.82) is 0 Å². The average molecular weight is 263 g/mol. The Labute approximate surface area is 111 Å². The SMILES string of the molecule is Cc1ccc(C=CC(=O)N2CCCCC2C(=O)O)o1. The number of amides is 1. The first-order valence-corrected chi connectivity index (χ1v) is 6.36. The lowest BCUT2D eigenvalue weighted by molar-refractivity contribution is -0.150. The second-order valence-electron chi connectivity index (χ2n) is 4.66. The summed E-state index contributed by atoms with van der Waals surface area (Å²) in [7, 11) is 0. The minimum atomic E-state index is -0.935. The Kier molecular flexibility index (Phi) is 4.04. The molecule has 0 aliphatic carbocycles. The number of aliphatic carboxylic acids is 1. The van der Waals surface area contributed by atoms with Crippen molar-refractivity contribution in [3.05, 3.63) is 29.7 Å². The van der Waals surface area contributed by atoms with Gasteiger partial charge in [-0.15, -0.1) is 0 Å². The summed E-state index contributed by atoms with van der Waals surface area (Å²) in [5, 5.41) is 9.11. The third-order valence-electron chi connectivity index (χ3n) is 3.22. The number of nitrogens with zero attached hydrogens (tertiary/aromatic N) is 1. The lowest BCUT2D eigenvalue weighted by atomic mass is 10.0. The standard InChI is InChI=1S/C14H17NO4/c1-10-5-6-11(19-10)7-8-13(16)15-9-3-2-4-12(15)14(17)18/h5-8,12H,2-4,9H2,1H3,(H,17,18). The van der Waals surface area contributed by atoms with E-state index in [1.54, 1.807) is 12.1 Å². The Hall–Kier alpha value is -2.04. The molecule has 0 bridgehead atoms. The molecule has 1 amide bonds. The number of carbonyl (C=O) groups is 2. The number of piperidine rings is 1. The van der Waals surface area contributed by atoms with Gasteiger partial charge in [0.1, 0.15) is 17.6 Å². The van der Waals surface area contributed by atoms with Crippen LogP contribution < -0.4 is 0 Å². The quantitative estimate of drug-likeness (QED) is 0.847. The first-order chi connectivity index (χ1) is 9.08. The van der Waals surface area contributed by atoms with E-state index in [0.29, 0.717) is 18.7 Å². The van der Waals surface area contributed by atoms with Crippen molar-refractivity contribution in [1.82, 2.24) is 4.90 Å². The van der Waals surface area contributed by atoms with Crippen LogP contribution in [-0.4, -0.2) is 34.5 Å². The maximum absolute atomic E-state index is 12.0. The van der Waals surface area contributed by atoms with E-state index in [2.05, 4.69) is 0 Å². The molecule has 0 radical (unpaired) electrons. The highest BCUT2D eigenvalue weighted by molar-refractivity contribution is 5.94. The number of carboxylic acid groups (broad SMARTS) is 1. The molecule has 5 nitrogen and oxygen atoms in total. The molecule has 1 aliphatic rings. The van der Waals surface area contributed by atoms with Gasteiger partial charge in [0.2, 0.25) is 5.91 Å². The van der Waals surface area contributed by atoms with Crippen LogP contribution in [0.4, 0.5) is 0 Å². The van der Waals surface area contributed by atoms with Crippen molar-refractivity contribution in [2.24, 2.45) is 0 Å². The van der Waals surface area contributed by atoms with E-state index in [1.165, 1.54) is 11.0 Å². The maximum atomic E-state index is 12.0. The molecule has 0 spiro atoms. The van der Waals surface area contributed by atoms with Crippen molar-refractivity contribution >= 4 is 18.0 Å². The summed E-state index contributed by atoms with van der Waals surface area (Å²) in [5.74, 6) is 0.152. The molecule has 1 fully saturated rings. The molecular formula is C14H17NO4. The van der Waals surface area contributed by atoms with Crippen molar-refractivity contribution in [3.63, 3.8) is 0 Å². The van der Waals surface area contributed by atoms with Crippen LogP contribution in [0, 0.1) is 6.92 Å². The molecule has 1 aromatic heterocycles. The van der Waals surface area contributed by atoms with E-state index in [9.17, 15) is 9.59 Å². The van der Waals surface area contributed by atoms with Gasteiger partial charge in [0, 0.05) is 12.6 Å². The first kappa shape index (κ1) is 13.4. The molecule has 1 aliphatic heterocycles. The summed E-state index contributed by atoms with van der Waals surface area (Å²) in [6.07, 6.45) is 5.17. The predicted octanol–water partition coefficient (Wildman–Crippen LogP) is 2.07. The molecular weight excluding hydrogens is 246 g/mol. The van der Waals surface area contributed by atoms with Crippen LogP contribution in [0.5, 0.6) is 0 Å². The fourth-order valence-corrected chi connectivity index (χ4v) is 2.24. The zero-order valence-electron chi connectivity index (χ0n) is 10.8. The van der Waals surface area contributed by atoms with E-state index in [4.69, 9.17) is 9.52 Å². The van der Waals surface area contributed by atoms with Crippen LogP contribution in [0.3, 0.4) is 0 Å². The molecule has 1 atom stereocenters.